The summed E-state index contributed by atoms with van der Waals surface area (Å²) in [6, 6.07) is 2.63. The number of ether oxygens (including phenoxy) is 1. The van der Waals surface area contributed by atoms with E-state index in [-0.39, 0.29) is 31.9 Å². The fourth-order valence-corrected chi connectivity index (χ4v) is 2.23. The molecule has 0 aliphatic carbocycles. The molecule has 21 heavy (non-hydrogen) atoms. The average molecular weight is 304 g/mol. The van der Waals surface area contributed by atoms with E-state index in [2.05, 4.69) is 0 Å². The molecule has 1 heterocycles. The molecule has 1 aliphatic rings. The topological polar surface area (TPSA) is 75.8 Å². The second-order valence-electron chi connectivity index (χ2n) is 4.67. The summed E-state index contributed by atoms with van der Waals surface area (Å²) in [6.45, 7) is 0.270. The second-order valence-corrected chi connectivity index (χ2v) is 4.67. The number of hydrogen-bond donors (Lipinski definition) is 2. The Labute approximate surface area is 119 Å². The summed E-state index contributed by atoms with van der Waals surface area (Å²) in [6.07, 6.45) is -4.62. The number of nitrogens with zero attached hydrogens (tertiary/aromatic N) is 1. The highest BCUT2D eigenvalue weighted by Gasteiger charge is 2.36. The molecular formula is C13H15F3N2O3. The number of alkyl halides is 3. The van der Waals surface area contributed by atoms with Gasteiger partial charge in [0.25, 0.3) is 5.91 Å². The van der Waals surface area contributed by atoms with Crippen LogP contribution in [0, 0.1) is 0 Å². The van der Waals surface area contributed by atoms with Gasteiger partial charge in [-0.05, 0) is 12.1 Å². The van der Waals surface area contributed by atoms with Crippen LogP contribution in [-0.2, 0) is 10.9 Å². The number of anilines is 1. The lowest BCUT2D eigenvalue weighted by Crippen LogP contribution is -2.50. The lowest BCUT2D eigenvalue weighted by Gasteiger charge is -2.34. The molecule has 1 aliphatic heterocycles. The highest BCUT2D eigenvalue weighted by atomic mass is 19.4. The molecule has 0 bridgehead atoms. The van der Waals surface area contributed by atoms with Crippen LogP contribution in [0.2, 0.25) is 0 Å². The SMILES string of the molecule is Nc1c(C(=O)N2CCOCC2CO)cccc1C(F)(F)F. The average Bonchev–Trinajstić information content (AvgIpc) is 2.45. The van der Waals surface area contributed by atoms with Gasteiger partial charge in [-0.3, -0.25) is 4.79 Å². The first-order chi connectivity index (χ1) is 9.86. The molecule has 1 amide bonds. The highest BCUT2D eigenvalue weighted by molar-refractivity contribution is 6.00. The lowest BCUT2D eigenvalue weighted by molar-refractivity contribution is -0.136. The highest BCUT2D eigenvalue weighted by Crippen LogP contribution is 2.35. The number of nitrogens with two attached hydrogens (primary N) is 1. The predicted molar refractivity (Wildman–Crippen MR) is 68.6 cm³/mol. The Hall–Kier alpha value is -1.80. The van der Waals surface area contributed by atoms with Crippen LogP contribution >= 0.6 is 0 Å². The normalized spacial score (nSPS) is 19.6. The van der Waals surface area contributed by atoms with Crippen LogP contribution in [0.4, 0.5) is 18.9 Å². The standard InChI is InChI=1S/C13H15F3N2O3/c14-13(15,16)10-3-1-2-9(11(10)17)12(20)18-4-5-21-7-8(18)6-19/h1-3,8,19H,4-7,17H2. The molecule has 3 N–H and O–H groups in total. The molecule has 1 saturated heterocycles. The number of amides is 1. The number of aliphatic hydroxyl groups excluding tert-OH is 1. The van der Waals surface area contributed by atoms with Crippen molar-refractivity contribution in [1.29, 1.82) is 0 Å². The van der Waals surface area contributed by atoms with E-state index in [1.54, 1.807) is 0 Å². The van der Waals surface area contributed by atoms with Gasteiger partial charge in [0.1, 0.15) is 0 Å². The third kappa shape index (κ3) is 3.11. The van der Waals surface area contributed by atoms with Gasteiger partial charge in [-0.25, -0.2) is 0 Å². The number of benzene rings is 1. The minimum absolute atomic E-state index is 0.140. The van der Waals surface area contributed by atoms with Crippen LogP contribution in [0.1, 0.15) is 15.9 Å². The molecule has 2 rings (SSSR count). The monoisotopic (exact) mass is 304 g/mol. The Balaban J connectivity index is 2.35. The maximum Gasteiger partial charge on any atom is 0.418 e. The van der Waals surface area contributed by atoms with Crippen LogP contribution in [0.25, 0.3) is 0 Å². The number of morpholine rings is 1. The van der Waals surface area contributed by atoms with Crippen LogP contribution in [0.15, 0.2) is 18.2 Å². The molecule has 8 heteroatoms. The van der Waals surface area contributed by atoms with E-state index in [0.29, 0.717) is 0 Å². The number of rotatable bonds is 2. The molecule has 5 nitrogen and oxygen atoms in total. The summed E-state index contributed by atoms with van der Waals surface area (Å²) in [7, 11) is 0. The summed E-state index contributed by atoms with van der Waals surface area (Å²) < 4.78 is 43.6. The van der Waals surface area contributed by atoms with E-state index in [4.69, 9.17) is 10.5 Å². The van der Waals surface area contributed by atoms with Crippen molar-refractivity contribution in [3.05, 3.63) is 29.3 Å². The molecule has 0 saturated carbocycles. The summed E-state index contributed by atoms with van der Waals surface area (Å²) in [5.74, 6) is -0.638. The number of halogens is 3. The summed E-state index contributed by atoms with van der Waals surface area (Å²) >= 11 is 0. The van der Waals surface area contributed by atoms with Crippen molar-refractivity contribution in [3.63, 3.8) is 0 Å². The van der Waals surface area contributed by atoms with Gasteiger partial charge >= 0.3 is 6.18 Å². The van der Waals surface area contributed by atoms with Crippen molar-refractivity contribution >= 4 is 11.6 Å². The van der Waals surface area contributed by atoms with E-state index >= 15 is 0 Å². The van der Waals surface area contributed by atoms with E-state index in [1.165, 1.54) is 11.0 Å². The lowest BCUT2D eigenvalue weighted by atomic mass is 10.0. The quantitative estimate of drug-likeness (QED) is 0.803. The zero-order chi connectivity index (χ0) is 15.6. The van der Waals surface area contributed by atoms with E-state index in [0.717, 1.165) is 12.1 Å². The fourth-order valence-electron chi connectivity index (χ4n) is 2.23. The number of nitrogen functional groups attached to an aromatic ring is 1. The Kier molecular flexibility index (Phi) is 4.38. The van der Waals surface area contributed by atoms with Gasteiger partial charge in [0.15, 0.2) is 0 Å². The van der Waals surface area contributed by atoms with Crippen molar-refractivity contribution in [2.75, 3.05) is 32.1 Å². The maximum absolute atomic E-state index is 12.8. The van der Waals surface area contributed by atoms with Crippen molar-refractivity contribution in [3.8, 4) is 0 Å². The van der Waals surface area contributed by atoms with Crippen LogP contribution < -0.4 is 5.73 Å². The van der Waals surface area contributed by atoms with Gasteiger partial charge in [0.2, 0.25) is 0 Å². The molecule has 116 valence electrons. The Bertz CT molecular complexity index is 534. The van der Waals surface area contributed by atoms with E-state index in [1.807, 2.05) is 0 Å². The summed E-state index contributed by atoms with van der Waals surface area (Å²) in [5.41, 5.74) is 3.65. The predicted octanol–water partition coefficient (Wildman–Crippen LogP) is 1.12. The van der Waals surface area contributed by atoms with Crippen LogP contribution in [0.3, 0.4) is 0 Å². The molecule has 0 spiro atoms. The minimum Gasteiger partial charge on any atom is -0.398 e. The zero-order valence-electron chi connectivity index (χ0n) is 11.1. The molecule has 1 fully saturated rings. The van der Waals surface area contributed by atoms with E-state index < -0.39 is 29.4 Å². The van der Waals surface area contributed by atoms with Gasteiger partial charge in [0, 0.05) is 6.54 Å². The second kappa shape index (κ2) is 5.90. The van der Waals surface area contributed by atoms with Gasteiger partial charge in [0.05, 0.1) is 42.7 Å². The number of carbonyl (C=O) groups excluding carboxylic acids is 1. The third-order valence-electron chi connectivity index (χ3n) is 3.34. The Morgan fingerprint density at radius 3 is 2.81 bits per heavy atom. The third-order valence-corrected chi connectivity index (χ3v) is 3.34. The Morgan fingerprint density at radius 2 is 2.19 bits per heavy atom. The molecule has 0 aromatic heterocycles. The first-order valence-electron chi connectivity index (χ1n) is 6.31. The molecule has 1 aromatic carbocycles. The molecule has 1 atom stereocenters. The summed E-state index contributed by atoms with van der Waals surface area (Å²) in [4.78, 5) is 13.7. The molecule has 1 unspecified atom stereocenters. The zero-order valence-corrected chi connectivity index (χ0v) is 11.1. The molecule has 0 radical (unpaired) electrons. The van der Waals surface area contributed by atoms with Crippen LogP contribution in [-0.4, -0.2) is 48.3 Å². The van der Waals surface area contributed by atoms with Gasteiger partial charge < -0.3 is 20.5 Å². The van der Waals surface area contributed by atoms with Gasteiger partial charge in [-0.15, -0.1) is 0 Å². The largest absolute Gasteiger partial charge is 0.418 e. The number of carbonyl (C=O) groups is 1. The minimum atomic E-state index is -4.62. The smallest absolute Gasteiger partial charge is 0.398 e. The van der Waals surface area contributed by atoms with Gasteiger partial charge in [-0.2, -0.15) is 13.2 Å². The van der Waals surface area contributed by atoms with Crippen molar-refractivity contribution in [2.24, 2.45) is 0 Å². The summed E-state index contributed by atoms with van der Waals surface area (Å²) in [5, 5.41) is 9.23. The van der Waals surface area contributed by atoms with E-state index in [9.17, 15) is 23.1 Å². The first-order valence-corrected chi connectivity index (χ1v) is 6.31. The number of aliphatic hydroxyl groups is 1. The van der Waals surface area contributed by atoms with Crippen molar-refractivity contribution in [2.45, 2.75) is 12.2 Å². The molecular weight excluding hydrogens is 289 g/mol. The fraction of sp³-hybridized carbons (Fsp3) is 0.462. The maximum atomic E-state index is 12.8. The first kappa shape index (κ1) is 15.6. The van der Waals surface area contributed by atoms with Crippen molar-refractivity contribution < 1.29 is 27.8 Å². The van der Waals surface area contributed by atoms with Crippen molar-refractivity contribution in [1.82, 2.24) is 4.90 Å². The number of hydrogen-bond acceptors (Lipinski definition) is 4. The van der Waals surface area contributed by atoms with Gasteiger partial charge in [-0.1, -0.05) is 6.07 Å². The Morgan fingerprint density at radius 1 is 1.48 bits per heavy atom. The van der Waals surface area contributed by atoms with Crippen LogP contribution in [0.5, 0.6) is 0 Å². The molecule has 1 aromatic rings. The number of para-hydroxylation sites is 1.